The van der Waals surface area contributed by atoms with Crippen LogP contribution in [0.15, 0.2) is 23.4 Å². The minimum Gasteiger partial charge on any atom is -0.493 e. The van der Waals surface area contributed by atoms with Crippen molar-refractivity contribution in [1.29, 1.82) is 0 Å². The highest BCUT2D eigenvalue weighted by Gasteiger charge is 2.37. The number of rotatable bonds is 3. The number of hydrogen-bond acceptors (Lipinski definition) is 3. The van der Waals surface area contributed by atoms with Gasteiger partial charge in [-0.05, 0) is 65.0 Å². The maximum atomic E-state index is 14.6. The lowest BCUT2D eigenvalue weighted by Gasteiger charge is -2.42. The number of fused-ring (bicyclic) bond motifs is 1. The van der Waals surface area contributed by atoms with Crippen LogP contribution >= 0.6 is 0 Å². The maximum absolute atomic E-state index is 14.6. The molecule has 28 heavy (non-hydrogen) atoms. The first-order chi connectivity index (χ1) is 13.0. The molecule has 0 heterocycles. The summed E-state index contributed by atoms with van der Waals surface area (Å²) in [5.41, 5.74) is 4.60. The Labute approximate surface area is 165 Å². The molecule has 3 nitrogen and oxygen atoms in total. The SMILES string of the molecule is COc1c(-c2cc3c(cc2C)C(C)(C)CCC3(C)C)cc(/C=N/O)c(F)c1F. The van der Waals surface area contributed by atoms with E-state index in [4.69, 9.17) is 9.94 Å². The molecule has 5 heteroatoms. The molecular formula is C23H27F2NO2. The lowest BCUT2D eigenvalue weighted by atomic mass is 9.62. The van der Waals surface area contributed by atoms with Gasteiger partial charge in [0.2, 0.25) is 5.82 Å². The minimum atomic E-state index is -1.10. The third kappa shape index (κ3) is 3.17. The quantitative estimate of drug-likeness (QED) is 0.392. The van der Waals surface area contributed by atoms with Crippen LogP contribution in [0.3, 0.4) is 0 Å². The molecule has 1 aliphatic rings. The van der Waals surface area contributed by atoms with Gasteiger partial charge in [0, 0.05) is 11.1 Å². The first kappa shape index (κ1) is 20.3. The van der Waals surface area contributed by atoms with E-state index < -0.39 is 11.6 Å². The van der Waals surface area contributed by atoms with Crippen LogP contribution in [0.1, 0.15) is 62.8 Å². The van der Waals surface area contributed by atoms with Crippen LogP contribution < -0.4 is 4.74 Å². The fourth-order valence-electron chi connectivity index (χ4n) is 4.20. The molecule has 0 saturated carbocycles. The van der Waals surface area contributed by atoms with E-state index >= 15 is 0 Å². The molecule has 1 aliphatic carbocycles. The predicted octanol–water partition coefficient (Wildman–Crippen LogP) is 6.11. The van der Waals surface area contributed by atoms with Crippen LogP contribution in [0.4, 0.5) is 8.78 Å². The summed E-state index contributed by atoms with van der Waals surface area (Å²) in [5, 5.41) is 11.7. The molecule has 0 aliphatic heterocycles. The highest BCUT2D eigenvalue weighted by molar-refractivity contribution is 5.86. The van der Waals surface area contributed by atoms with Crippen LogP contribution in [-0.2, 0) is 10.8 Å². The topological polar surface area (TPSA) is 41.8 Å². The first-order valence-corrected chi connectivity index (χ1v) is 9.43. The van der Waals surface area contributed by atoms with Crippen molar-refractivity contribution in [3.63, 3.8) is 0 Å². The van der Waals surface area contributed by atoms with E-state index in [-0.39, 0.29) is 22.1 Å². The van der Waals surface area contributed by atoms with E-state index in [0.717, 1.165) is 30.2 Å². The van der Waals surface area contributed by atoms with Crippen LogP contribution in [0.25, 0.3) is 11.1 Å². The molecule has 0 radical (unpaired) electrons. The summed E-state index contributed by atoms with van der Waals surface area (Å²) >= 11 is 0. The number of oxime groups is 1. The lowest BCUT2D eigenvalue weighted by Crippen LogP contribution is -2.34. The van der Waals surface area contributed by atoms with Crippen molar-refractivity contribution in [2.24, 2.45) is 5.16 Å². The van der Waals surface area contributed by atoms with Crippen LogP contribution in [-0.4, -0.2) is 18.5 Å². The standard InChI is InChI=1S/C23H27F2NO2/c1-13-9-17-18(23(4,5)8-7-22(17,2)3)11-15(13)16-10-14(12-26-27)19(24)20(25)21(16)28-6/h9-12,27H,7-8H2,1-6H3/b26-12+. The summed E-state index contributed by atoms with van der Waals surface area (Å²) in [4.78, 5) is 0. The summed E-state index contributed by atoms with van der Waals surface area (Å²) in [6.45, 7) is 10.9. The molecule has 0 amide bonds. The average Bonchev–Trinajstić information content (AvgIpc) is 2.63. The van der Waals surface area contributed by atoms with Gasteiger partial charge in [0.1, 0.15) is 0 Å². The number of halogens is 2. The molecule has 150 valence electrons. The van der Waals surface area contributed by atoms with Gasteiger partial charge >= 0.3 is 0 Å². The Morgan fingerprint density at radius 2 is 1.54 bits per heavy atom. The number of aryl methyl sites for hydroxylation is 1. The molecule has 3 rings (SSSR count). The zero-order valence-corrected chi connectivity index (χ0v) is 17.3. The molecule has 0 atom stereocenters. The summed E-state index contributed by atoms with van der Waals surface area (Å²) < 4.78 is 34.1. The Bertz CT molecular complexity index is 962. The molecule has 0 aromatic heterocycles. The predicted molar refractivity (Wildman–Crippen MR) is 108 cm³/mol. The largest absolute Gasteiger partial charge is 0.493 e. The zero-order valence-electron chi connectivity index (χ0n) is 17.3. The molecule has 0 fully saturated rings. The maximum Gasteiger partial charge on any atom is 0.201 e. The fourth-order valence-corrected chi connectivity index (χ4v) is 4.20. The van der Waals surface area contributed by atoms with Gasteiger partial charge in [-0.3, -0.25) is 0 Å². The van der Waals surface area contributed by atoms with Gasteiger partial charge in [-0.25, -0.2) is 4.39 Å². The van der Waals surface area contributed by atoms with Crippen molar-refractivity contribution in [3.8, 4) is 16.9 Å². The van der Waals surface area contributed by atoms with Crippen LogP contribution in [0, 0.1) is 18.6 Å². The molecular weight excluding hydrogens is 360 g/mol. The molecule has 0 unspecified atom stereocenters. The highest BCUT2D eigenvalue weighted by atomic mass is 19.2. The zero-order chi connectivity index (χ0) is 20.9. The molecule has 2 aromatic rings. The third-order valence-electron chi connectivity index (χ3n) is 6.08. The number of methoxy groups -OCH3 is 1. The van der Waals surface area contributed by atoms with Gasteiger partial charge in [-0.2, -0.15) is 4.39 Å². The second-order valence-corrected chi connectivity index (χ2v) is 8.90. The summed E-state index contributed by atoms with van der Waals surface area (Å²) in [6.07, 6.45) is 3.03. The monoisotopic (exact) mass is 387 g/mol. The van der Waals surface area contributed by atoms with Crippen molar-refractivity contribution in [1.82, 2.24) is 0 Å². The fraction of sp³-hybridized carbons (Fsp3) is 0.435. The minimum absolute atomic E-state index is 0.0193. The van der Waals surface area contributed by atoms with E-state index in [0.29, 0.717) is 5.56 Å². The lowest BCUT2D eigenvalue weighted by molar-refractivity contribution is 0.321. The number of nitrogens with zero attached hydrogens (tertiary/aromatic N) is 1. The normalized spacial score (nSPS) is 17.6. The Morgan fingerprint density at radius 3 is 2.07 bits per heavy atom. The van der Waals surface area contributed by atoms with E-state index in [2.05, 4.69) is 45.0 Å². The second kappa shape index (κ2) is 6.87. The van der Waals surface area contributed by atoms with Gasteiger partial charge < -0.3 is 9.94 Å². The van der Waals surface area contributed by atoms with E-state index in [9.17, 15) is 8.78 Å². The third-order valence-corrected chi connectivity index (χ3v) is 6.08. The Hall–Kier alpha value is -2.43. The van der Waals surface area contributed by atoms with Gasteiger partial charge in [0.15, 0.2) is 11.6 Å². The molecule has 0 bridgehead atoms. The number of benzene rings is 2. The Morgan fingerprint density at radius 1 is 0.964 bits per heavy atom. The van der Waals surface area contributed by atoms with Crippen molar-refractivity contribution in [2.75, 3.05) is 7.11 Å². The molecule has 0 saturated heterocycles. The smallest absolute Gasteiger partial charge is 0.201 e. The number of ether oxygens (including phenoxy) is 1. The highest BCUT2D eigenvalue weighted by Crippen LogP contribution is 2.48. The van der Waals surface area contributed by atoms with Crippen molar-refractivity contribution >= 4 is 6.21 Å². The van der Waals surface area contributed by atoms with E-state index in [1.807, 2.05) is 6.92 Å². The summed E-state index contributed by atoms with van der Waals surface area (Å²) in [7, 11) is 1.32. The van der Waals surface area contributed by atoms with Gasteiger partial charge in [-0.1, -0.05) is 38.9 Å². The first-order valence-electron chi connectivity index (χ1n) is 9.43. The van der Waals surface area contributed by atoms with Crippen LogP contribution in [0.2, 0.25) is 0 Å². The molecule has 0 spiro atoms. The molecule has 2 aromatic carbocycles. The van der Waals surface area contributed by atoms with Crippen LogP contribution in [0.5, 0.6) is 5.75 Å². The van der Waals surface area contributed by atoms with E-state index in [1.54, 1.807) is 0 Å². The van der Waals surface area contributed by atoms with Gasteiger partial charge in [0.05, 0.1) is 13.3 Å². The van der Waals surface area contributed by atoms with Gasteiger partial charge in [0.25, 0.3) is 0 Å². The Balaban J connectivity index is 2.34. The van der Waals surface area contributed by atoms with E-state index in [1.165, 1.54) is 24.3 Å². The summed E-state index contributed by atoms with van der Waals surface area (Å²) in [5.74, 6) is -2.34. The second-order valence-electron chi connectivity index (χ2n) is 8.90. The van der Waals surface area contributed by atoms with Crippen molar-refractivity contribution in [3.05, 3.63) is 52.1 Å². The van der Waals surface area contributed by atoms with Gasteiger partial charge in [-0.15, -0.1) is 0 Å². The Kier molecular flexibility index (Phi) is 4.98. The van der Waals surface area contributed by atoms with Crippen molar-refractivity contribution < 1.29 is 18.7 Å². The summed E-state index contributed by atoms with van der Waals surface area (Å²) in [6, 6.07) is 5.71. The average molecular weight is 387 g/mol. The van der Waals surface area contributed by atoms with Crippen molar-refractivity contribution in [2.45, 2.75) is 58.3 Å². The molecule has 1 N–H and O–H groups in total. The number of hydrogen-bond donors (Lipinski definition) is 1.